The molecule has 1 aliphatic heterocycles. The van der Waals surface area contributed by atoms with Crippen LogP contribution in [0, 0.1) is 0 Å². The van der Waals surface area contributed by atoms with E-state index in [0.29, 0.717) is 6.17 Å². The van der Waals surface area contributed by atoms with E-state index in [-0.39, 0.29) is 0 Å². The van der Waals surface area contributed by atoms with Crippen LogP contribution in [0.3, 0.4) is 0 Å². The third kappa shape index (κ3) is 2.63. The van der Waals surface area contributed by atoms with Gasteiger partial charge in [-0.1, -0.05) is 36.4 Å². The van der Waals surface area contributed by atoms with Gasteiger partial charge in [0.15, 0.2) is 0 Å². The van der Waals surface area contributed by atoms with Gasteiger partial charge in [0.2, 0.25) is 0 Å². The number of fused-ring (bicyclic) bond motifs is 1. The number of nitrogens with zero attached hydrogens (tertiary/aromatic N) is 1. The maximum absolute atomic E-state index is 3.45. The fraction of sp³-hybridized carbons (Fsp3) is 0.375. The second-order valence-electron chi connectivity index (χ2n) is 5.08. The minimum Gasteiger partial charge on any atom is -0.314 e. The molecule has 1 aliphatic rings. The van der Waals surface area contributed by atoms with Gasteiger partial charge in [0, 0.05) is 26.2 Å². The van der Waals surface area contributed by atoms with Crippen LogP contribution in [0.15, 0.2) is 42.5 Å². The number of rotatable bonds is 3. The lowest BCUT2D eigenvalue weighted by Crippen LogP contribution is -2.48. The predicted octanol–water partition coefficient (Wildman–Crippen LogP) is 1.96. The van der Waals surface area contributed by atoms with Gasteiger partial charge in [0.25, 0.3) is 0 Å². The summed E-state index contributed by atoms with van der Waals surface area (Å²) in [5.41, 5.74) is 1.35. The van der Waals surface area contributed by atoms with Crippen molar-refractivity contribution in [3.8, 4) is 0 Å². The third-order valence-corrected chi connectivity index (χ3v) is 3.88. The van der Waals surface area contributed by atoms with E-state index >= 15 is 0 Å². The molecule has 19 heavy (non-hydrogen) atoms. The second-order valence-corrected chi connectivity index (χ2v) is 5.08. The van der Waals surface area contributed by atoms with Gasteiger partial charge in [-0.2, -0.15) is 0 Å². The first-order valence-electron chi connectivity index (χ1n) is 6.99. The Bertz CT molecular complexity index is 546. The van der Waals surface area contributed by atoms with Crippen LogP contribution >= 0.6 is 0 Å². The predicted molar refractivity (Wildman–Crippen MR) is 80.2 cm³/mol. The molecule has 0 spiro atoms. The van der Waals surface area contributed by atoms with E-state index in [0.717, 1.165) is 26.2 Å². The molecule has 100 valence electrons. The molecule has 2 aromatic rings. The van der Waals surface area contributed by atoms with Gasteiger partial charge in [0.05, 0.1) is 6.17 Å². The fourth-order valence-electron chi connectivity index (χ4n) is 2.88. The Morgan fingerprint density at radius 2 is 1.79 bits per heavy atom. The van der Waals surface area contributed by atoms with Gasteiger partial charge < -0.3 is 10.6 Å². The van der Waals surface area contributed by atoms with Crippen molar-refractivity contribution in [2.24, 2.45) is 0 Å². The molecule has 2 aromatic carbocycles. The monoisotopic (exact) mass is 255 g/mol. The highest BCUT2D eigenvalue weighted by Crippen LogP contribution is 2.23. The SMILES string of the molecule is CNC(c1ccc2ccccc2c1)N1CCNCC1. The largest absolute Gasteiger partial charge is 0.314 e. The molecule has 3 nitrogen and oxygen atoms in total. The summed E-state index contributed by atoms with van der Waals surface area (Å²) in [5, 5.41) is 9.48. The maximum Gasteiger partial charge on any atom is 0.0859 e. The molecule has 0 bridgehead atoms. The molecule has 3 heteroatoms. The van der Waals surface area contributed by atoms with Gasteiger partial charge in [-0.25, -0.2) is 0 Å². The van der Waals surface area contributed by atoms with Crippen molar-refractivity contribution in [3.05, 3.63) is 48.0 Å². The lowest BCUT2D eigenvalue weighted by Gasteiger charge is -2.35. The van der Waals surface area contributed by atoms with Gasteiger partial charge in [-0.15, -0.1) is 0 Å². The molecule has 1 heterocycles. The summed E-state index contributed by atoms with van der Waals surface area (Å²) < 4.78 is 0. The van der Waals surface area contributed by atoms with Gasteiger partial charge in [-0.3, -0.25) is 4.90 Å². The van der Waals surface area contributed by atoms with Crippen LogP contribution in [0.4, 0.5) is 0 Å². The van der Waals surface area contributed by atoms with Crippen LogP contribution in [0.25, 0.3) is 10.8 Å². The Balaban J connectivity index is 1.91. The summed E-state index contributed by atoms with van der Waals surface area (Å²) in [4.78, 5) is 2.50. The van der Waals surface area contributed by atoms with Gasteiger partial charge in [0.1, 0.15) is 0 Å². The Hall–Kier alpha value is -1.42. The third-order valence-electron chi connectivity index (χ3n) is 3.88. The first-order chi connectivity index (χ1) is 9.38. The number of hydrogen-bond donors (Lipinski definition) is 2. The Morgan fingerprint density at radius 1 is 1.05 bits per heavy atom. The first-order valence-corrected chi connectivity index (χ1v) is 6.99. The van der Waals surface area contributed by atoms with E-state index in [1.807, 2.05) is 7.05 Å². The average molecular weight is 255 g/mol. The van der Waals surface area contributed by atoms with Crippen molar-refractivity contribution in [3.63, 3.8) is 0 Å². The van der Waals surface area contributed by atoms with E-state index in [1.165, 1.54) is 16.3 Å². The van der Waals surface area contributed by atoms with Crippen molar-refractivity contribution >= 4 is 10.8 Å². The molecule has 1 unspecified atom stereocenters. The molecule has 0 amide bonds. The van der Waals surface area contributed by atoms with Crippen molar-refractivity contribution in [1.29, 1.82) is 0 Å². The van der Waals surface area contributed by atoms with Crippen molar-refractivity contribution in [2.75, 3.05) is 33.2 Å². The summed E-state index contributed by atoms with van der Waals surface area (Å²) in [5.74, 6) is 0. The normalized spacial score (nSPS) is 18.6. The molecular formula is C16H21N3. The average Bonchev–Trinajstić information content (AvgIpc) is 2.49. The zero-order valence-corrected chi connectivity index (χ0v) is 11.4. The molecule has 0 aliphatic carbocycles. The lowest BCUT2D eigenvalue weighted by molar-refractivity contribution is 0.153. The summed E-state index contributed by atoms with van der Waals surface area (Å²) in [7, 11) is 2.04. The topological polar surface area (TPSA) is 27.3 Å². The molecule has 2 N–H and O–H groups in total. The first kappa shape index (κ1) is 12.6. The zero-order valence-electron chi connectivity index (χ0n) is 11.4. The van der Waals surface area contributed by atoms with Crippen LogP contribution in [-0.4, -0.2) is 38.1 Å². The highest BCUT2D eigenvalue weighted by atomic mass is 15.3. The summed E-state index contributed by atoms with van der Waals surface area (Å²) in [6.45, 7) is 4.34. The van der Waals surface area contributed by atoms with Crippen LogP contribution < -0.4 is 10.6 Å². The number of benzene rings is 2. The number of hydrogen-bond acceptors (Lipinski definition) is 3. The minimum atomic E-state index is 0.312. The van der Waals surface area contributed by atoms with Gasteiger partial charge in [-0.05, 0) is 29.4 Å². The van der Waals surface area contributed by atoms with Crippen molar-refractivity contribution in [1.82, 2.24) is 15.5 Å². The highest BCUT2D eigenvalue weighted by Gasteiger charge is 2.20. The zero-order chi connectivity index (χ0) is 13.1. The van der Waals surface area contributed by atoms with E-state index in [2.05, 4.69) is 58.0 Å². The van der Waals surface area contributed by atoms with Crippen LogP contribution in [-0.2, 0) is 0 Å². The molecule has 1 fully saturated rings. The summed E-state index contributed by atoms with van der Waals surface area (Å²) in [6.07, 6.45) is 0.312. The molecule has 0 radical (unpaired) electrons. The van der Waals surface area contributed by atoms with Crippen LogP contribution in [0.1, 0.15) is 11.7 Å². The van der Waals surface area contributed by atoms with E-state index in [1.54, 1.807) is 0 Å². The summed E-state index contributed by atoms with van der Waals surface area (Å²) >= 11 is 0. The Labute approximate surface area is 114 Å². The number of piperazine rings is 1. The molecular weight excluding hydrogens is 234 g/mol. The minimum absolute atomic E-state index is 0.312. The Kier molecular flexibility index (Phi) is 3.78. The number of nitrogens with one attached hydrogen (secondary N) is 2. The molecule has 1 atom stereocenters. The Morgan fingerprint density at radius 3 is 2.53 bits per heavy atom. The second kappa shape index (κ2) is 5.70. The van der Waals surface area contributed by atoms with E-state index in [4.69, 9.17) is 0 Å². The standard InChI is InChI=1S/C16H21N3/c1-17-16(19-10-8-18-9-11-19)15-7-6-13-4-2-3-5-14(13)12-15/h2-7,12,16-18H,8-11H2,1H3. The smallest absolute Gasteiger partial charge is 0.0859 e. The molecule has 0 saturated carbocycles. The van der Waals surface area contributed by atoms with Crippen LogP contribution in [0.5, 0.6) is 0 Å². The maximum atomic E-state index is 3.45. The summed E-state index contributed by atoms with van der Waals surface area (Å²) in [6, 6.07) is 15.3. The fourth-order valence-corrected chi connectivity index (χ4v) is 2.88. The highest BCUT2D eigenvalue weighted by molar-refractivity contribution is 5.83. The van der Waals surface area contributed by atoms with Crippen molar-refractivity contribution < 1.29 is 0 Å². The van der Waals surface area contributed by atoms with E-state index < -0.39 is 0 Å². The van der Waals surface area contributed by atoms with Crippen molar-refractivity contribution in [2.45, 2.75) is 6.17 Å². The van der Waals surface area contributed by atoms with E-state index in [9.17, 15) is 0 Å². The lowest BCUT2D eigenvalue weighted by atomic mass is 10.0. The quantitative estimate of drug-likeness (QED) is 0.878. The van der Waals surface area contributed by atoms with Gasteiger partial charge >= 0.3 is 0 Å². The molecule has 3 rings (SSSR count). The molecule has 1 saturated heterocycles. The van der Waals surface area contributed by atoms with Crippen LogP contribution in [0.2, 0.25) is 0 Å². The molecule has 0 aromatic heterocycles.